The van der Waals surface area contributed by atoms with E-state index in [1.165, 1.54) is 5.56 Å². The first-order valence-corrected chi connectivity index (χ1v) is 10.2. The van der Waals surface area contributed by atoms with Crippen LogP contribution in [0.1, 0.15) is 31.7 Å². The van der Waals surface area contributed by atoms with Crippen LogP contribution >= 0.6 is 24.0 Å². The summed E-state index contributed by atoms with van der Waals surface area (Å²) < 4.78 is 22.1. The summed E-state index contributed by atoms with van der Waals surface area (Å²) in [4.78, 5) is 6.65. The van der Waals surface area contributed by atoms with E-state index in [0.717, 1.165) is 32.0 Å². The number of sulfonamides is 1. The second-order valence-electron chi connectivity index (χ2n) is 6.33. The average Bonchev–Trinajstić information content (AvgIpc) is 2.53. The number of piperidine rings is 1. The standard InChI is InChI=1S/C17H28N4O2S.HI/c1-3-19-17(20-10-12-24(18,22)23)21-11-9-16(14(2)13-21)15-7-5-4-6-8-15;/h4-8,14,16H,3,9-13H2,1-2H3,(H,19,20)(H2,18,22,23);1H. The number of benzene rings is 1. The molecule has 0 aromatic heterocycles. The molecule has 0 amide bonds. The lowest BCUT2D eigenvalue weighted by atomic mass is 9.82. The molecule has 1 heterocycles. The van der Waals surface area contributed by atoms with Gasteiger partial charge >= 0.3 is 0 Å². The number of guanidine groups is 1. The summed E-state index contributed by atoms with van der Waals surface area (Å²) in [6.45, 7) is 7.02. The molecule has 0 aliphatic carbocycles. The van der Waals surface area contributed by atoms with Crippen LogP contribution in [0.2, 0.25) is 0 Å². The molecule has 3 N–H and O–H groups in total. The number of aliphatic imine (C=N–C) groups is 1. The number of nitrogens with zero attached hydrogens (tertiary/aromatic N) is 2. The first-order valence-electron chi connectivity index (χ1n) is 8.49. The Morgan fingerprint density at radius 2 is 2.04 bits per heavy atom. The van der Waals surface area contributed by atoms with Gasteiger partial charge in [-0.2, -0.15) is 0 Å². The Balaban J connectivity index is 0.00000312. The minimum atomic E-state index is -3.47. The van der Waals surface area contributed by atoms with Crippen molar-refractivity contribution in [1.29, 1.82) is 0 Å². The van der Waals surface area contributed by atoms with E-state index in [2.05, 4.69) is 46.4 Å². The molecule has 0 bridgehead atoms. The van der Waals surface area contributed by atoms with Gasteiger partial charge in [-0.25, -0.2) is 13.6 Å². The van der Waals surface area contributed by atoms with Crippen LogP contribution in [-0.2, 0) is 10.0 Å². The molecule has 0 radical (unpaired) electrons. The zero-order chi connectivity index (χ0) is 17.6. The predicted molar refractivity (Wildman–Crippen MR) is 114 cm³/mol. The largest absolute Gasteiger partial charge is 0.357 e. The third-order valence-electron chi connectivity index (χ3n) is 4.40. The van der Waals surface area contributed by atoms with E-state index in [4.69, 9.17) is 5.14 Å². The molecule has 8 heteroatoms. The Morgan fingerprint density at radius 3 is 2.60 bits per heavy atom. The maximum absolute atomic E-state index is 11.1. The fraction of sp³-hybridized carbons (Fsp3) is 0.588. The maximum Gasteiger partial charge on any atom is 0.210 e. The van der Waals surface area contributed by atoms with E-state index in [1.54, 1.807) is 0 Å². The topological polar surface area (TPSA) is 87.8 Å². The molecule has 1 aliphatic heterocycles. The number of halogens is 1. The van der Waals surface area contributed by atoms with Gasteiger partial charge in [-0.05, 0) is 30.7 Å². The van der Waals surface area contributed by atoms with Gasteiger partial charge < -0.3 is 10.2 Å². The SMILES string of the molecule is CCNC(=NCCS(N)(=O)=O)N1CCC(c2ccccc2)C(C)C1.I. The molecule has 25 heavy (non-hydrogen) atoms. The van der Waals surface area contributed by atoms with Crippen molar-refractivity contribution in [3.63, 3.8) is 0 Å². The lowest BCUT2D eigenvalue weighted by molar-refractivity contribution is 0.234. The monoisotopic (exact) mass is 480 g/mol. The fourth-order valence-corrected chi connectivity index (χ4v) is 3.58. The second-order valence-corrected chi connectivity index (χ2v) is 8.07. The molecule has 1 aromatic rings. The van der Waals surface area contributed by atoms with E-state index < -0.39 is 10.0 Å². The Bertz CT molecular complexity index is 652. The van der Waals surface area contributed by atoms with Gasteiger partial charge in [0, 0.05) is 19.6 Å². The molecule has 1 aliphatic rings. The minimum Gasteiger partial charge on any atom is -0.357 e. The van der Waals surface area contributed by atoms with Crippen molar-refractivity contribution in [2.24, 2.45) is 16.0 Å². The van der Waals surface area contributed by atoms with Gasteiger partial charge in [0.1, 0.15) is 0 Å². The Hall–Kier alpha value is -0.870. The summed E-state index contributed by atoms with van der Waals surface area (Å²) in [6, 6.07) is 10.6. The predicted octanol–water partition coefficient (Wildman–Crippen LogP) is 1.98. The molecule has 1 aromatic carbocycles. The number of nitrogens with two attached hydrogens (primary N) is 1. The van der Waals surface area contributed by atoms with E-state index >= 15 is 0 Å². The molecular weight excluding hydrogens is 451 g/mol. The molecule has 6 nitrogen and oxygen atoms in total. The molecule has 1 saturated heterocycles. The highest BCUT2D eigenvalue weighted by atomic mass is 127. The molecule has 2 atom stereocenters. The van der Waals surface area contributed by atoms with Crippen LogP contribution in [0.5, 0.6) is 0 Å². The van der Waals surface area contributed by atoms with Crippen molar-refractivity contribution in [2.45, 2.75) is 26.2 Å². The maximum atomic E-state index is 11.1. The van der Waals surface area contributed by atoms with Crippen LogP contribution in [0.25, 0.3) is 0 Å². The van der Waals surface area contributed by atoms with Crippen molar-refractivity contribution in [2.75, 3.05) is 31.9 Å². The quantitative estimate of drug-likeness (QED) is 0.384. The van der Waals surface area contributed by atoms with Crippen LogP contribution in [-0.4, -0.2) is 51.2 Å². The lowest BCUT2D eigenvalue weighted by Crippen LogP contribution is -2.48. The van der Waals surface area contributed by atoms with Crippen LogP contribution in [0, 0.1) is 5.92 Å². The normalized spacial score (nSPS) is 21.6. The summed E-state index contributed by atoms with van der Waals surface area (Å²) in [5, 5.41) is 8.30. The second kappa shape index (κ2) is 10.3. The Labute approximate surface area is 168 Å². The lowest BCUT2D eigenvalue weighted by Gasteiger charge is -2.39. The molecular formula is C17H29IN4O2S. The number of nitrogens with one attached hydrogen (secondary N) is 1. The summed E-state index contributed by atoms with van der Waals surface area (Å²) in [5.41, 5.74) is 1.39. The zero-order valence-corrected chi connectivity index (χ0v) is 18.0. The highest BCUT2D eigenvalue weighted by Gasteiger charge is 2.28. The third kappa shape index (κ3) is 7.10. The summed E-state index contributed by atoms with van der Waals surface area (Å²) in [5.74, 6) is 1.70. The van der Waals surface area contributed by atoms with Crippen LogP contribution in [0.15, 0.2) is 35.3 Å². The number of likely N-dealkylation sites (tertiary alicyclic amines) is 1. The van der Waals surface area contributed by atoms with Crippen LogP contribution in [0.4, 0.5) is 0 Å². The van der Waals surface area contributed by atoms with Gasteiger partial charge in [0.05, 0.1) is 12.3 Å². The van der Waals surface area contributed by atoms with Crippen molar-refractivity contribution in [3.8, 4) is 0 Å². The van der Waals surface area contributed by atoms with Gasteiger partial charge in [-0.3, -0.25) is 4.99 Å². The van der Waals surface area contributed by atoms with Crippen LogP contribution in [0.3, 0.4) is 0 Å². The van der Waals surface area contributed by atoms with Gasteiger partial charge in [0.25, 0.3) is 0 Å². The molecule has 142 valence electrons. The molecule has 1 fully saturated rings. The van der Waals surface area contributed by atoms with Crippen molar-refractivity contribution >= 4 is 40.0 Å². The van der Waals surface area contributed by atoms with Crippen LogP contribution < -0.4 is 10.5 Å². The molecule has 2 unspecified atom stereocenters. The molecule has 0 spiro atoms. The van der Waals surface area contributed by atoms with E-state index in [-0.39, 0.29) is 36.3 Å². The fourth-order valence-electron chi connectivity index (χ4n) is 3.24. The highest BCUT2D eigenvalue weighted by molar-refractivity contribution is 14.0. The first-order chi connectivity index (χ1) is 11.4. The number of hydrogen-bond donors (Lipinski definition) is 2. The minimum absolute atomic E-state index is 0. The average molecular weight is 480 g/mol. The van der Waals surface area contributed by atoms with Gasteiger partial charge in [0.2, 0.25) is 10.0 Å². The van der Waals surface area contributed by atoms with Crippen molar-refractivity contribution < 1.29 is 8.42 Å². The third-order valence-corrected chi connectivity index (χ3v) is 5.16. The van der Waals surface area contributed by atoms with Gasteiger partial charge in [-0.1, -0.05) is 37.3 Å². The van der Waals surface area contributed by atoms with Crippen molar-refractivity contribution in [3.05, 3.63) is 35.9 Å². The van der Waals surface area contributed by atoms with Gasteiger partial charge in [0.15, 0.2) is 5.96 Å². The highest BCUT2D eigenvalue weighted by Crippen LogP contribution is 2.32. The summed E-state index contributed by atoms with van der Waals surface area (Å²) in [7, 11) is -3.47. The first kappa shape index (κ1) is 22.2. The van der Waals surface area contributed by atoms with Gasteiger partial charge in [-0.15, -0.1) is 24.0 Å². The molecule has 0 saturated carbocycles. The van der Waals surface area contributed by atoms with E-state index in [1.807, 2.05) is 13.0 Å². The number of rotatable bonds is 5. The summed E-state index contributed by atoms with van der Waals surface area (Å²) >= 11 is 0. The summed E-state index contributed by atoms with van der Waals surface area (Å²) in [6.07, 6.45) is 1.06. The number of primary sulfonamides is 1. The number of hydrogen-bond acceptors (Lipinski definition) is 3. The van der Waals surface area contributed by atoms with E-state index in [0.29, 0.717) is 11.8 Å². The zero-order valence-electron chi connectivity index (χ0n) is 14.9. The van der Waals surface area contributed by atoms with Crippen molar-refractivity contribution in [1.82, 2.24) is 10.2 Å². The Morgan fingerprint density at radius 1 is 1.36 bits per heavy atom. The smallest absolute Gasteiger partial charge is 0.210 e. The molecule has 2 rings (SSSR count). The Kier molecular flexibility index (Phi) is 9.15. The van der Waals surface area contributed by atoms with E-state index in [9.17, 15) is 8.42 Å².